The number of benzene rings is 1. The molecule has 2 aromatic rings. The molecular weight excluding hydrogens is 397 g/mol. The van der Waals surface area contributed by atoms with Crippen molar-refractivity contribution in [1.82, 2.24) is 5.32 Å². The van der Waals surface area contributed by atoms with Gasteiger partial charge in [0, 0.05) is 6.08 Å². The number of rotatable bonds is 7. The van der Waals surface area contributed by atoms with Crippen molar-refractivity contribution in [2.75, 3.05) is 20.3 Å². The molecule has 0 atom stereocenters. The molecule has 1 N–H and O–H groups in total. The van der Waals surface area contributed by atoms with E-state index in [1.165, 1.54) is 6.08 Å². The van der Waals surface area contributed by atoms with Gasteiger partial charge < -0.3 is 19.2 Å². The molecule has 0 saturated heterocycles. The highest BCUT2D eigenvalue weighted by Gasteiger charge is 1.99. The zero-order valence-corrected chi connectivity index (χ0v) is 14.2. The Morgan fingerprint density at radius 2 is 1.95 bits per heavy atom. The van der Waals surface area contributed by atoms with Gasteiger partial charge in [-0.2, -0.15) is 0 Å². The molecule has 0 bridgehead atoms. The summed E-state index contributed by atoms with van der Waals surface area (Å²) in [5, 5.41) is 2.73. The maximum Gasteiger partial charge on any atom is 0.244 e. The van der Waals surface area contributed by atoms with E-state index >= 15 is 0 Å². The van der Waals surface area contributed by atoms with Gasteiger partial charge in [0.2, 0.25) is 5.91 Å². The molecule has 0 unspecified atom stereocenters. The van der Waals surface area contributed by atoms with Crippen molar-refractivity contribution in [2.45, 2.75) is 0 Å². The second-order valence-corrected chi connectivity index (χ2v) is 5.35. The Kier molecular flexibility index (Phi) is 6.32. The van der Waals surface area contributed by atoms with Gasteiger partial charge in [-0.3, -0.25) is 4.79 Å². The van der Waals surface area contributed by atoms with Crippen LogP contribution >= 0.6 is 22.6 Å². The third kappa shape index (κ3) is 5.44. The summed E-state index contributed by atoms with van der Waals surface area (Å²) in [7, 11) is 1.61. The molecule has 0 aliphatic heterocycles. The molecule has 0 fully saturated rings. The highest BCUT2D eigenvalue weighted by atomic mass is 127. The lowest BCUT2D eigenvalue weighted by molar-refractivity contribution is -0.116. The Morgan fingerprint density at radius 3 is 2.59 bits per heavy atom. The minimum atomic E-state index is -0.190. The van der Waals surface area contributed by atoms with Crippen molar-refractivity contribution in [3.05, 3.63) is 52.0 Å². The van der Waals surface area contributed by atoms with Crippen molar-refractivity contribution >= 4 is 34.6 Å². The van der Waals surface area contributed by atoms with Crippen LogP contribution in [0.15, 0.2) is 46.9 Å². The quantitative estimate of drug-likeness (QED) is 0.431. The number of hydrogen-bond donors (Lipinski definition) is 1. The molecule has 1 heterocycles. The monoisotopic (exact) mass is 413 g/mol. The van der Waals surface area contributed by atoms with Crippen molar-refractivity contribution < 1.29 is 18.7 Å². The van der Waals surface area contributed by atoms with E-state index in [0.29, 0.717) is 18.9 Å². The maximum absolute atomic E-state index is 11.6. The molecule has 0 aliphatic carbocycles. The summed E-state index contributed by atoms with van der Waals surface area (Å²) >= 11 is 2.07. The van der Waals surface area contributed by atoms with E-state index in [1.807, 2.05) is 30.3 Å². The average Bonchev–Trinajstić information content (AvgIpc) is 2.96. The summed E-state index contributed by atoms with van der Waals surface area (Å²) in [6, 6.07) is 10.9. The van der Waals surface area contributed by atoms with Crippen LogP contribution in [0.5, 0.6) is 11.5 Å². The third-order valence-electron chi connectivity index (χ3n) is 2.72. The van der Waals surface area contributed by atoms with E-state index in [-0.39, 0.29) is 5.91 Å². The summed E-state index contributed by atoms with van der Waals surface area (Å²) in [5.41, 5.74) is 0. The fourth-order valence-corrected chi connectivity index (χ4v) is 2.08. The van der Waals surface area contributed by atoms with Crippen LogP contribution in [0.2, 0.25) is 0 Å². The number of carbonyl (C=O) groups excluding carboxylic acids is 1. The van der Waals surface area contributed by atoms with Crippen molar-refractivity contribution in [3.8, 4) is 11.5 Å². The first kappa shape index (κ1) is 16.4. The SMILES string of the molecule is COc1ccc(OCCNC(=O)/C=C/c2ccc(I)o2)cc1. The van der Waals surface area contributed by atoms with Gasteiger partial charge in [-0.15, -0.1) is 0 Å². The number of amides is 1. The lowest BCUT2D eigenvalue weighted by Gasteiger charge is -2.07. The lowest BCUT2D eigenvalue weighted by Crippen LogP contribution is -2.26. The van der Waals surface area contributed by atoms with Gasteiger partial charge in [0.05, 0.1) is 13.7 Å². The Labute approximate surface area is 142 Å². The van der Waals surface area contributed by atoms with Gasteiger partial charge >= 0.3 is 0 Å². The van der Waals surface area contributed by atoms with Gasteiger partial charge in [0.15, 0.2) is 3.77 Å². The van der Waals surface area contributed by atoms with Gasteiger partial charge in [-0.05, 0) is 65.1 Å². The number of halogens is 1. The Morgan fingerprint density at radius 1 is 1.23 bits per heavy atom. The van der Waals surface area contributed by atoms with Crippen LogP contribution in [0.1, 0.15) is 5.76 Å². The number of methoxy groups -OCH3 is 1. The average molecular weight is 413 g/mol. The molecule has 116 valence electrons. The number of furan rings is 1. The molecule has 0 aliphatic rings. The van der Waals surface area contributed by atoms with E-state index in [2.05, 4.69) is 27.9 Å². The molecule has 1 aromatic carbocycles. The number of hydrogen-bond acceptors (Lipinski definition) is 4. The summed E-state index contributed by atoms with van der Waals surface area (Å²) in [4.78, 5) is 11.6. The normalized spacial score (nSPS) is 10.6. The number of nitrogens with one attached hydrogen (secondary N) is 1. The third-order valence-corrected chi connectivity index (χ3v) is 3.30. The molecule has 5 nitrogen and oxygen atoms in total. The lowest BCUT2D eigenvalue weighted by atomic mass is 10.3. The maximum atomic E-state index is 11.6. The van der Waals surface area contributed by atoms with Gasteiger partial charge in [0.1, 0.15) is 23.9 Å². The van der Waals surface area contributed by atoms with Gasteiger partial charge in [-0.25, -0.2) is 0 Å². The van der Waals surface area contributed by atoms with Crippen LogP contribution in [0.3, 0.4) is 0 Å². The summed E-state index contributed by atoms with van der Waals surface area (Å²) in [6.45, 7) is 0.815. The summed E-state index contributed by atoms with van der Waals surface area (Å²) < 4.78 is 16.7. The molecule has 1 amide bonds. The van der Waals surface area contributed by atoms with E-state index in [0.717, 1.165) is 15.3 Å². The van der Waals surface area contributed by atoms with E-state index in [9.17, 15) is 4.79 Å². The number of ether oxygens (including phenoxy) is 2. The Balaban J connectivity index is 1.67. The van der Waals surface area contributed by atoms with Gasteiger partial charge in [-0.1, -0.05) is 0 Å². The zero-order chi connectivity index (χ0) is 15.8. The van der Waals surface area contributed by atoms with Crippen LogP contribution in [-0.2, 0) is 4.79 Å². The van der Waals surface area contributed by atoms with Crippen LogP contribution in [0.4, 0.5) is 0 Å². The molecule has 6 heteroatoms. The van der Waals surface area contributed by atoms with Crippen molar-refractivity contribution in [2.24, 2.45) is 0 Å². The molecule has 0 saturated carbocycles. The first-order chi connectivity index (χ1) is 10.7. The van der Waals surface area contributed by atoms with Crippen molar-refractivity contribution in [3.63, 3.8) is 0 Å². The van der Waals surface area contributed by atoms with E-state index in [4.69, 9.17) is 13.9 Å². The predicted octanol–water partition coefficient (Wildman–Crippen LogP) is 3.10. The summed E-state index contributed by atoms with van der Waals surface area (Å²) in [5.74, 6) is 1.97. The highest BCUT2D eigenvalue weighted by Crippen LogP contribution is 2.16. The number of carbonyl (C=O) groups is 1. The van der Waals surface area contributed by atoms with E-state index < -0.39 is 0 Å². The second kappa shape index (κ2) is 8.47. The Bertz CT molecular complexity index is 634. The standard InChI is InChI=1S/C16H16INO4/c1-20-12-2-4-13(5-3-12)21-11-10-18-16(19)9-7-14-6-8-15(17)22-14/h2-9H,10-11H2,1H3,(H,18,19)/b9-7+. The van der Waals surface area contributed by atoms with Crippen molar-refractivity contribution in [1.29, 1.82) is 0 Å². The molecule has 0 spiro atoms. The topological polar surface area (TPSA) is 60.7 Å². The smallest absolute Gasteiger partial charge is 0.244 e. The first-order valence-electron chi connectivity index (χ1n) is 6.65. The van der Waals surface area contributed by atoms with Crippen LogP contribution in [-0.4, -0.2) is 26.2 Å². The minimum absolute atomic E-state index is 0.190. The Hall–Kier alpha value is -1.96. The second-order valence-electron chi connectivity index (χ2n) is 4.29. The summed E-state index contributed by atoms with van der Waals surface area (Å²) in [6.07, 6.45) is 3.06. The molecule has 1 aromatic heterocycles. The first-order valence-corrected chi connectivity index (χ1v) is 7.73. The predicted molar refractivity (Wildman–Crippen MR) is 92.0 cm³/mol. The van der Waals surface area contributed by atoms with Crippen LogP contribution in [0, 0.1) is 3.77 Å². The van der Waals surface area contributed by atoms with Gasteiger partial charge in [0.25, 0.3) is 0 Å². The zero-order valence-electron chi connectivity index (χ0n) is 12.0. The highest BCUT2D eigenvalue weighted by molar-refractivity contribution is 14.1. The molecule has 0 radical (unpaired) electrons. The van der Waals surface area contributed by atoms with E-state index in [1.54, 1.807) is 19.3 Å². The van der Waals surface area contributed by atoms with Crippen LogP contribution in [0.25, 0.3) is 6.08 Å². The van der Waals surface area contributed by atoms with Crippen LogP contribution < -0.4 is 14.8 Å². The minimum Gasteiger partial charge on any atom is -0.497 e. The largest absolute Gasteiger partial charge is 0.497 e. The molecule has 2 rings (SSSR count). The fourth-order valence-electron chi connectivity index (χ4n) is 1.65. The molecular formula is C16H16INO4. The fraction of sp³-hybridized carbons (Fsp3) is 0.188. The molecule has 22 heavy (non-hydrogen) atoms.